The molecule has 0 saturated heterocycles. The van der Waals surface area contributed by atoms with E-state index in [1.54, 1.807) is 6.07 Å². The number of fused-ring (bicyclic) bond motifs is 1. The molecule has 4 rings (SSSR count). The molecule has 35 heavy (non-hydrogen) atoms. The van der Waals surface area contributed by atoms with Gasteiger partial charge in [-0.3, -0.25) is 14.5 Å². The Morgan fingerprint density at radius 1 is 1.11 bits per heavy atom. The number of amides is 2. The van der Waals surface area contributed by atoms with Crippen molar-refractivity contribution < 1.29 is 31.9 Å². The SMILES string of the molecule is CC(=O)N(c1cc(NC(=O)Cc2ccccc2OC(F)(F)F)ccn1)c1cc2ccnn2cc1F. The minimum atomic E-state index is -4.90. The molecule has 0 radical (unpaired) electrons. The van der Waals surface area contributed by atoms with Crippen LogP contribution in [0.25, 0.3) is 5.52 Å². The number of ether oxygens (including phenoxy) is 1. The van der Waals surface area contributed by atoms with Crippen molar-refractivity contribution in [2.24, 2.45) is 0 Å². The van der Waals surface area contributed by atoms with E-state index in [9.17, 15) is 27.2 Å². The summed E-state index contributed by atoms with van der Waals surface area (Å²) in [4.78, 5) is 30.1. The molecule has 1 aromatic carbocycles. The molecule has 1 N–H and O–H groups in total. The summed E-state index contributed by atoms with van der Waals surface area (Å²) in [5.41, 5.74) is 0.695. The van der Waals surface area contributed by atoms with Crippen LogP contribution in [0, 0.1) is 5.82 Å². The molecular weight excluding hydrogens is 470 g/mol. The van der Waals surface area contributed by atoms with Crippen molar-refractivity contribution in [3.63, 3.8) is 0 Å². The summed E-state index contributed by atoms with van der Waals surface area (Å²) in [6.07, 6.45) is -1.42. The van der Waals surface area contributed by atoms with Gasteiger partial charge in [-0.2, -0.15) is 5.10 Å². The number of hydrogen-bond acceptors (Lipinski definition) is 5. The number of nitrogens with zero attached hydrogens (tertiary/aromatic N) is 4. The summed E-state index contributed by atoms with van der Waals surface area (Å²) in [6, 6.07) is 11.1. The summed E-state index contributed by atoms with van der Waals surface area (Å²) in [5.74, 6) is -2.37. The fraction of sp³-hybridized carbons (Fsp3) is 0.130. The Kier molecular flexibility index (Phi) is 6.36. The number of aromatic nitrogens is 3. The van der Waals surface area contributed by atoms with Gasteiger partial charge in [-0.25, -0.2) is 13.9 Å². The fourth-order valence-electron chi connectivity index (χ4n) is 3.43. The molecule has 0 fully saturated rings. The molecular formula is C23H17F4N5O3. The molecule has 0 bridgehead atoms. The first-order chi connectivity index (χ1) is 16.6. The predicted molar refractivity (Wildman–Crippen MR) is 118 cm³/mol. The van der Waals surface area contributed by atoms with Crippen LogP contribution in [0.1, 0.15) is 12.5 Å². The Bertz CT molecular complexity index is 1400. The fourth-order valence-corrected chi connectivity index (χ4v) is 3.43. The highest BCUT2D eigenvalue weighted by molar-refractivity contribution is 6.00. The average Bonchev–Trinajstić information content (AvgIpc) is 3.21. The van der Waals surface area contributed by atoms with Crippen molar-refractivity contribution >= 4 is 34.5 Å². The molecule has 0 unspecified atom stereocenters. The van der Waals surface area contributed by atoms with Gasteiger partial charge in [-0.05, 0) is 24.3 Å². The lowest BCUT2D eigenvalue weighted by Crippen LogP contribution is -2.25. The second-order valence-electron chi connectivity index (χ2n) is 7.34. The monoisotopic (exact) mass is 487 g/mol. The molecule has 0 aliphatic rings. The van der Waals surface area contributed by atoms with Crippen LogP contribution in [0.15, 0.2) is 67.1 Å². The van der Waals surface area contributed by atoms with E-state index in [0.29, 0.717) is 5.52 Å². The third-order valence-corrected chi connectivity index (χ3v) is 4.83. The summed E-state index contributed by atoms with van der Waals surface area (Å²) in [7, 11) is 0. The summed E-state index contributed by atoms with van der Waals surface area (Å²) in [5, 5.41) is 6.49. The van der Waals surface area contributed by atoms with E-state index in [-0.39, 0.29) is 22.8 Å². The van der Waals surface area contributed by atoms with Crippen LogP contribution in [0.2, 0.25) is 0 Å². The first-order valence-corrected chi connectivity index (χ1v) is 10.1. The number of carbonyl (C=O) groups excluding carboxylic acids is 2. The summed E-state index contributed by atoms with van der Waals surface area (Å²) < 4.78 is 57.9. The van der Waals surface area contributed by atoms with Gasteiger partial charge in [-0.15, -0.1) is 13.2 Å². The van der Waals surface area contributed by atoms with Gasteiger partial charge in [0.05, 0.1) is 23.8 Å². The number of halogens is 4. The number of benzene rings is 1. The number of nitrogens with one attached hydrogen (secondary N) is 1. The van der Waals surface area contributed by atoms with Crippen molar-refractivity contribution in [1.82, 2.24) is 14.6 Å². The van der Waals surface area contributed by atoms with Crippen LogP contribution >= 0.6 is 0 Å². The lowest BCUT2D eigenvalue weighted by molar-refractivity contribution is -0.274. The maximum Gasteiger partial charge on any atom is 0.573 e. The van der Waals surface area contributed by atoms with Gasteiger partial charge in [-0.1, -0.05) is 18.2 Å². The first kappa shape index (κ1) is 23.7. The van der Waals surface area contributed by atoms with Crippen molar-refractivity contribution in [2.75, 3.05) is 10.2 Å². The zero-order chi connectivity index (χ0) is 25.2. The molecule has 3 heterocycles. The second kappa shape index (κ2) is 9.41. The Morgan fingerprint density at radius 3 is 2.63 bits per heavy atom. The van der Waals surface area contributed by atoms with E-state index >= 15 is 0 Å². The van der Waals surface area contributed by atoms with E-state index in [1.165, 1.54) is 60.2 Å². The van der Waals surface area contributed by atoms with Crippen LogP contribution in [0.4, 0.5) is 34.8 Å². The highest BCUT2D eigenvalue weighted by Crippen LogP contribution is 2.30. The molecule has 0 saturated carbocycles. The Labute approximate surface area is 195 Å². The molecule has 0 spiro atoms. The maximum atomic E-state index is 14.8. The van der Waals surface area contributed by atoms with Gasteiger partial charge in [0.1, 0.15) is 11.6 Å². The highest BCUT2D eigenvalue weighted by atomic mass is 19.4. The topological polar surface area (TPSA) is 88.8 Å². The van der Waals surface area contributed by atoms with Gasteiger partial charge in [0.2, 0.25) is 11.8 Å². The van der Waals surface area contributed by atoms with Gasteiger partial charge in [0.15, 0.2) is 5.82 Å². The molecule has 4 aromatic rings. The average molecular weight is 487 g/mol. The molecule has 0 aliphatic carbocycles. The number of hydrogen-bond donors (Lipinski definition) is 1. The maximum absolute atomic E-state index is 14.8. The molecule has 12 heteroatoms. The predicted octanol–water partition coefficient (Wildman–Crippen LogP) is 4.63. The third kappa shape index (κ3) is 5.54. The lowest BCUT2D eigenvalue weighted by Gasteiger charge is -2.21. The van der Waals surface area contributed by atoms with E-state index in [4.69, 9.17) is 0 Å². The van der Waals surface area contributed by atoms with E-state index in [0.717, 1.165) is 17.2 Å². The number of alkyl halides is 3. The van der Waals surface area contributed by atoms with Crippen LogP contribution < -0.4 is 15.0 Å². The van der Waals surface area contributed by atoms with Crippen molar-refractivity contribution in [1.29, 1.82) is 0 Å². The van der Waals surface area contributed by atoms with Crippen molar-refractivity contribution in [3.8, 4) is 5.75 Å². The largest absolute Gasteiger partial charge is 0.573 e. The zero-order valence-electron chi connectivity index (χ0n) is 18.1. The Balaban J connectivity index is 1.57. The zero-order valence-corrected chi connectivity index (χ0v) is 18.1. The van der Waals surface area contributed by atoms with Gasteiger partial charge < -0.3 is 10.1 Å². The number of para-hydroxylation sites is 1. The molecule has 2 amide bonds. The Morgan fingerprint density at radius 2 is 1.89 bits per heavy atom. The quantitative estimate of drug-likeness (QED) is 0.401. The van der Waals surface area contributed by atoms with E-state index < -0.39 is 36.2 Å². The molecule has 180 valence electrons. The van der Waals surface area contributed by atoms with E-state index in [2.05, 4.69) is 20.1 Å². The lowest BCUT2D eigenvalue weighted by atomic mass is 10.1. The van der Waals surface area contributed by atoms with Crippen LogP contribution in [-0.4, -0.2) is 32.8 Å². The minimum Gasteiger partial charge on any atom is -0.405 e. The normalized spacial score (nSPS) is 11.3. The molecule has 3 aromatic heterocycles. The molecule has 8 nitrogen and oxygen atoms in total. The number of pyridine rings is 2. The highest BCUT2D eigenvalue weighted by Gasteiger charge is 2.32. The van der Waals surface area contributed by atoms with Gasteiger partial charge in [0, 0.05) is 36.6 Å². The summed E-state index contributed by atoms with van der Waals surface area (Å²) in [6.45, 7) is 1.23. The van der Waals surface area contributed by atoms with E-state index in [1.807, 2.05) is 0 Å². The van der Waals surface area contributed by atoms with Crippen LogP contribution in [0.3, 0.4) is 0 Å². The van der Waals surface area contributed by atoms with Crippen LogP contribution in [-0.2, 0) is 16.0 Å². The molecule has 0 aliphatic heterocycles. The van der Waals surface area contributed by atoms with Crippen molar-refractivity contribution in [2.45, 2.75) is 19.7 Å². The third-order valence-electron chi connectivity index (χ3n) is 4.83. The van der Waals surface area contributed by atoms with Gasteiger partial charge in [0.25, 0.3) is 0 Å². The molecule has 0 atom stereocenters. The Hall–Kier alpha value is -4.48. The first-order valence-electron chi connectivity index (χ1n) is 10.1. The number of anilines is 3. The minimum absolute atomic E-state index is 0.0261. The van der Waals surface area contributed by atoms with Crippen LogP contribution in [0.5, 0.6) is 5.75 Å². The smallest absolute Gasteiger partial charge is 0.405 e. The number of rotatable bonds is 6. The summed E-state index contributed by atoms with van der Waals surface area (Å²) >= 11 is 0. The standard InChI is InChI=1S/C23H17F4N5O3/c1-14(33)32(19-12-17-7-9-29-31(17)13-18(19)24)21-11-16(6-8-28-21)30-22(34)10-15-4-2-3-5-20(15)35-23(25,26)27/h2-9,11-13H,10H2,1H3,(H,28,30,34). The van der Waals surface area contributed by atoms with Gasteiger partial charge >= 0.3 is 6.36 Å². The second-order valence-corrected chi connectivity index (χ2v) is 7.34. The van der Waals surface area contributed by atoms with Crippen molar-refractivity contribution in [3.05, 3.63) is 78.5 Å². The number of carbonyl (C=O) groups is 2.